The molecule has 1 aliphatic heterocycles. The number of imide groups is 1. The quantitative estimate of drug-likeness (QED) is 0.471. The Morgan fingerprint density at radius 2 is 1.83 bits per heavy atom. The van der Waals surface area contributed by atoms with Gasteiger partial charge in [-0.25, -0.2) is 0 Å². The lowest BCUT2D eigenvalue weighted by Gasteiger charge is -2.35. The molecule has 0 saturated carbocycles. The van der Waals surface area contributed by atoms with E-state index in [1.54, 1.807) is 0 Å². The van der Waals surface area contributed by atoms with Gasteiger partial charge in [-0.05, 0) is 61.7 Å². The summed E-state index contributed by atoms with van der Waals surface area (Å²) in [4.78, 5) is 37.6. The minimum atomic E-state index is -0.693. The monoisotopic (exact) mass is 474 g/mol. The first-order chi connectivity index (χ1) is 13.8. The van der Waals surface area contributed by atoms with Gasteiger partial charge in [-0.15, -0.1) is 11.8 Å². The van der Waals surface area contributed by atoms with Crippen LogP contribution in [-0.2, 0) is 19.8 Å². The van der Waals surface area contributed by atoms with E-state index in [0.29, 0.717) is 24.9 Å². The number of benzene rings is 2. The summed E-state index contributed by atoms with van der Waals surface area (Å²) in [7, 11) is 0. The summed E-state index contributed by atoms with van der Waals surface area (Å²) in [6.45, 7) is 3.82. The lowest BCUT2D eigenvalue weighted by Crippen LogP contribution is -2.51. The number of carbonyl (C=O) groups is 3. The van der Waals surface area contributed by atoms with E-state index in [4.69, 9.17) is 0 Å². The third-order valence-electron chi connectivity index (χ3n) is 5.27. The van der Waals surface area contributed by atoms with Crippen molar-refractivity contribution in [1.82, 2.24) is 5.32 Å². The molecule has 29 heavy (non-hydrogen) atoms. The van der Waals surface area contributed by atoms with Crippen LogP contribution in [0, 0.1) is 0 Å². The molecule has 0 bridgehead atoms. The first-order valence-corrected chi connectivity index (χ1v) is 11.2. The molecule has 3 rings (SSSR count). The molecule has 1 heterocycles. The number of rotatable bonds is 6. The molecule has 2 aromatic carbocycles. The van der Waals surface area contributed by atoms with Gasteiger partial charge in [0.25, 0.3) is 0 Å². The van der Waals surface area contributed by atoms with E-state index in [9.17, 15) is 14.4 Å². The van der Waals surface area contributed by atoms with Crippen molar-refractivity contribution in [2.75, 3.05) is 5.32 Å². The maximum atomic E-state index is 12.5. The summed E-state index contributed by atoms with van der Waals surface area (Å²) in [5.41, 5.74) is 0.849. The van der Waals surface area contributed by atoms with Gasteiger partial charge in [0, 0.05) is 21.5 Å². The predicted molar refractivity (Wildman–Crippen MR) is 119 cm³/mol. The first kappa shape index (κ1) is 21.6. The predicted octanol–water partition coefficient (Wildman–Crippen LogP) is 4.65. The zero-order chi connectivity index (χ0) is 21.0. The molecular formula is C22H23BrN2O3S. The van der Waals surface area contributed by atoms with Crippen molar-refractivity contribution in [1.29, 1.82) is 0 Å². The van der Waals surface area contributed by atoms with Crippen molar-refractivity contribution in [3.63, 3.8) is 0 Å². The summed E-state index contributed by atoms with van der Waals surface area (Å²) in [6, 6.07) is 15.2. The molecule has 0 radical (unpaired) electrons. The molecule has 1 aliphatic rings. The van der Waals surface area contributed by atoms with Crippen molar-refractivity contribution in [2.24, 2.45) is 0 Å². The van der Waals surface area contributed by atoms with E-state index >= 15 is 0 Å². The van der Waals surface area contributed by atoms with Gasteiger partial charge < -0.3 is 5.32 Å². The van der Waals surface area contributed by atoms with Gasteiger partial charge >= 0.3 is 0 Å². The van der Waals surface area contributed by atoms with Crippen molar-refractivity contribution < 1.29 is 14.4 Å². The van der Waals surface area contributed by atoms with Crippen LogP contribution in [0.25, 0.3) is 0 Å². The lowest BCUT2D eigenvalue weighted by molar-refractivity contribution is -0.138. The molecule has 1 fully saturated rings. The maximum absolute atomic E-state index is 12.5. The molecule has 5 nitrogen and oxygen atoms in total. The Hall–Kier alpha value is -2.12. The van der Waals surface area contributed by atoms with E-state index in [2.05, 4.69) is 26.6 Å². The minimum Gasteiger partial charge on any atom is -0.325 e. The highest BCUT2D eigenvalue weighted by Crippen LogP contribution is 2.36. The maximum Gasteiger partial charge on any atom is 0.237 e. The fourth-order valence-electron chi connectivity index (χ4n) is 3.45. The molecule has 152 valence electrons. The number of amides is 3. The van der Waals surface area contributed by atoms with Crippen LogP contribution in [0.1, 0.15) is 38.7 Å². The van der Waals surface area contributed by atoms with E-state index in [1.807, 2.05) is 62.4 Å². The Bertz CT molecular complexity index is 915. The molecule has 2 N–H and O–H groups in total. The smallest absolute Gasteiger partial charge is 0.237 e. The van der Waals surface area contributed by atoms with Crippen LogP contribution in [0.3, 0.4) is 0 Å². The fourth-order valence-corrected chi connectivity index (χ4v) is 4.59. The van der Waals surface area contributed by atoms with Gasteiger partial charge in [-0.2, -0.15) is 0 Å². The Morgan fingerprint density at radius 1 is 1.17 bits per heavy atom. The van der Waals surface area contributed by atoms with Crippen molar-refractivity contribution >= 4 is 51.1 Å². The summed E-state index contributed by atoms with van der Waals surface area (Å²) >= 11 is 4.90. The van der Waals surface area contributed by atoms with E-state index in [-0.39, 0.29) is 23.0 Å². The van der Waals surface area contributed by atoms with Gasteiger partial charge in [0.1, 0.15) is 0 Å². The fraction of sp³-hybridized carbons (Fsp3) is 0.318. The number of halogens is 1. The van der Waals surface area contributed by atoms with Gasteiger partial charge in [0.05, 0.1) is 10.7 Å². The Labute approximate surface area is 183 Å². The second kappa shape index (κ2) is 9.13. The van der Waals surface area contributed by atoms with Gasteiger partial charge in [-0.1, -0.05) is 35.0 Å². The number of anilines is 1. The minimum absolute atomic E-state index is 0.0862. The molecule has 7 heteroatoms. The highest BCUT2D eigenvalue weighted by molar-refractivity contribution is 9.10. The summed E-state index contributed by atoms with van der Waals surface area (Å²) < 4.78 is 1.000. The van der Waals surface area contributed by atoms with E-state index in [0.717, 1.165) is 14.9 Å². The number of nitrogens with one attached hydrogen (secondary N) is 2. The van der Waals surface area contributed by atoms with Crippen LogP contribution in [0.5, 0.6) is 0 Å². The Balaban J connectivity index is 1.66. The molecule has 2 unspecified atom stereocenters. The van der Waals surface area contributed by atoms with Crippen molar-refractivity contribution in [2.45, 2.75) is 48.7 Å². The zero-order valence-electron chi connectivity index (χ0n) is 16.3. The largest absolute Gasteiger partial charge is 0.325 e. The normalized spacial score (nSPS) is 20.1. The molecule has 0 spiro atoms. The molecule has 3 amide bonds. The third kappa shape index (κ3) is 4.90. The summed E-state index contributed by atoms with van der Waals surface area (Å²) in [5.74, 6) is -0.551. The number of carbonyl (C=O) groups excluding carboxylic acids is 3. The van der Waals surface area contributed by atoms with Gasteiger partial charge in [-0.3, -0.25) is 19.7 Å². The van der Waals surface area contributed by atoms with E-state index < -0.39 is 5.41 Å². The van der Waals surface area contributed by atoms with Crippen LogP contribution >= 0.6 is 27.7 Å². The lowest BCUT2D eigenvalue weighted by atomic mass is 9.72. The number of hydrogen-bond acceptors (Lipinski definition) is 4. The van der Waals surface area contributed by atoms with Crippen LogP contribution in [0.2, 0.25) is 0 Å². The molecule has 0 aromatic heterocycles. The van der Waals surface area contributed by atoms with Gasteiger partial charge in [0.15, 0.2) is 0 Å². The van der Waals surface area contributed by atoms with Crippen LogP contribution in [0.4, 0.5) is 5.69 Å². The SMILES string of the molecule is CCC1(c2ccc(NC(=O)C(C)Sc3ccc(Br)cc3)cc2)CCC(=O)NC1=O. The van der Waals surface area contributed by atoms with Crippen LogP contribution in [0.15, 0.2) is 57.9 Å². The van der Waals surface area contributed by atoms with Crippen molar-refractivity contribution in [3.8, 4) is 0 Å². The van der Waals surface area contributed by atoms with Crippen LogP contribution < -0.4 is 10.6 Å². The second-order valence-corrected chi connectivity index (χ2v) is 9.42. The van der Waals surface area contributed by atoms with E-state index in [1.165, 1.54) is 11.8 Å². The highest BCUT2D eigenvalue weighted by Gasteiger charge is 2.42. The summed E-state index contributed by atoms with van der Waals surface area (Å²) in [5, 5.41) is 5.13. The molecule has 0 aliphatic carbocycles. The molecule has 1 saturated heterocycles. The van der Waals surface area contributed by atoms with Crippen LogP contribution in [-0.4, -0.2) is 23.0 Å². The first-order valence-electron chi connectivity index (χ1n) is 9.52. The zero-order valence-corrected chi connectivity index (χ0v) is 18.7. The average Bonchev–Trinajstić information content (AvgIpc) is 2.71. The molecular weight excluding hydrogens is 452 g/mol. The Kier molecular flexibility index (Phi) is 6.80. The second-order valence-electron chi connectivity index (χ2n) is 7.09. The number of hydrogen-bond donors (Lipinski definition) is 2. The van der Waals surface area contributed by atoms with Crippen molar-refractivity contribution in [3.05, 3.63) is 58.6 Å². The average molecular weight is 475 g/mol. The van der Waals surface area contributed by atoms with Gasteiger partial charge in [0.2, 0.25) is 17.7 Å². The Morgan fingerprint density at radius 3 is 2.41 bits per heavy atom. The topological polar surface area (TPSA) is 75.3 Å². The highest BCUT2D eigenvalue weighted by atomic mass is 79.9. The standard InChI is InChI=1S/C22H23BrN2O3S/c1-3-22(13-12-19(26)25-21(22)28)15-4-8-17(9-5-15)24-20(27)14(2)29-18-10-6-16(23)7-11-18/h4-11,14H,3,12-13H2,1-2H3,(H,24,27)(H,25,26,28). The molecule has 2 atom stereocenters. The third-order valence-corrected chi connectivity index (χ3v) is 6.91. The number of thioether (sulfide) groups is 1. The molecule has 2 aromatic rings. The summed E-state index contributed by atoms with van der Waals surface area (Å²) in [6.07, 6.45) is 1.45. The number of piperidine rings is 1.